The SMILES string of the molecule is CC1CCCN(S(=O)(=O)c2ccc(F)c(F)c2)C1. The van der Waals surface area contributed by atoms with Crippen LogP contribution in [-0.4, -0.2) is 25.8 Å². The Hall–Kier alpha value is -1.01. The van der Waals surface area contributed by atoms with E-state index in [1.54, 1.807) is 0 Å². The summed E-state index contributed by atoms with van der Waals surface area (Å²) < 4.78 is 51.7. The molecule has 1 aliphatic heterocycles. The number of hydrogen-bond acceptors (Lipinski definition) is 2. The van der Waals surface area contributed by atoms with E-state index in [0.717, 1.165) is 31.0 Å². The molecule has 1 fully saturated rings. The molecule has 1 aliphatic rings. The van der Waals surface area contributed by atoms with Gasteiger partial charge >= 0.3 is 0 Å². The van der Waals surface area contributed by atoms with E-state index in [1.165, 1.54) is 4.31 Å². The quantitative estimate of drug-likeness (QED) is 0.831. The molecule has 2 rings (SSSR count). The summed E-state index contributed by atoms with van der Waals surface area (Å²) in [5.74, 6) is -1.89. The maximum absolute atomic E-state index is 13.1. The van der Waals surface area contributed by atoms with Crippen LogP contribution in [0, 0.1) is 17.6 Å². The maximum atomic E-state index is 13.1. The van der Waals surface area contributed by atoms with E-state index in [9.17, 15) is 17.2 Å². The molecule has 3 nitrogen and oxygen atoms in total. The molecule has 0 radical (unpaired) electrons. The van der Waals surface area contributed by atoms with Crippen molar-refractivity contribution in [1.29, 1.82) is 0 Å². The first kappa shape index (κ1) is 13.4. The third kappa shape index (κ3) is 2.54. The fourth-order valence-corrected chi connectivity index (χ4v) is 3.76. The van der Waals surface area contributed by atoms with Gasteiger partial charge in [0, 0.05) is 13.1 Å². The second kappa shape index (κ2) is 4.93. The summed E-state index contributed by atoms with van der Waals surface area (Å²) in [6.45, 7) is 2.85. The normalized spacial score (nSPS) is 22.1. The molecule has 0 saturated carbocycles. The molecular formula is C12H15F2NO2S. The lowest BCUT2D eigenvalue weighted by molar-refractivity contribution is 0.281. The highest BCUT2D eigenvalue weighted by molar-refractivity contribution is 7.89. The number of rotatable bonds is 2. The lowest BCUT2D eigenvalue weighted by atomic mass is 10.0. The van der Waals surface area contributed by atoms with Crippen molar-refractivity contribution >= 4 is 10.0 Å². The zero-order valence-corrected chi connectivity index (χ0v) is 10.9. The number of piperidine rings is 1. The van der Waals surface area contributed by atoms with Gasteiger partial charge in [0.2, 0.25) is 10.0 Å². The molecular weight excluding hydrogens is 260 g/mol. The standard InChI is InChI=1S/C12H15F2NO2S/c1-9-3-2-6-15(8-9)18(16,17)10-4-5-11(13)12(14)7-10/h4-5,7,9H,2-3,6,8H2,1H3. The molecule has 0 aliphatic carbocycles. The van der Waals surface area contributed by atoms with Crippen molar-refractivity contribution in [3.8, 4) is 0 Å². The molecule has 1 unspecified atom stereocenters. The van der Waals surface area contributed by atoms with Crippen LogP contribution >= 0.6 is 0 Å². The minimum atomic E-state index is -3.71. The summed E-state index contributed by atoms with van der Waals surface area (Å²) in [4.78, 5) is -0.185. The molecule has 0 bridgehead atoms. The van der Waals surface area contributed by atoms with Gasteiger partial charge in [0.25, 0.3) is 0 Å². The Bertz CT molecular complexity index is 545. The second-order valence-electron chi connectivity index (χ2n) is 4.69. The number of benzene rings is 1. The Kier molecular flexibility index (Phi) is 3.68. The number of hydrogen-bond donors (Lipinski definition) is 0. The van der Waals surface area contributed by atoms with Crippen molar-refractivity contribution in [2.75, 3.05) is 13.1 Å². The van der Waals surface area contributed by atoms with Crippen molar-refractivity contribution in [2.45, 2.75) is 24.7 Å². The van der Waals surface area contributed by atoms with Crippen LogP contribution in [0.5, 0.6) is 0 Å². The summed E-state index contributed by atoms with van der Waals surface area (Å²) in [6.07, 6.45) is 1.79. The first-order valence-corrected chi connectivity index (χ1v) is 7.30. The predicted molar refractivity (Wildman–Crippen MR) is 63.5 cm³/mol. The minimum absolute atomic E-state index is 0.185. The number of sulfonamides is 1. The molecule has 1 aromatic rings. The van der Waals surface area contributed by atoms with Gasteiger partial charge in [-0.05, 0) is 37.0 Å². The van der Waals surface area contributed by atoms with Gasteiger partial charge in [-0.15, -0.1) is 0 Å². The van der Waals surface area contributed by atoms with Crippen LogP contribution in [0.1, 0.15) is 19.8 Å². The zero-order valence-electron chi connectivity index (χ0n) is 10.1. The third-order valence-corrected chi connectivity index (χ3v) is 5.01. The Morgan fingerprint density at radius 3 is 2.61 bits per heavy atom. The van der Waals surface area contributed by atoms with Gasteiger partial charge in [-0.25, -0.2) is 17.2 Å². The number of halogens is 2. The lowest BCUT2D eigenvalue weighted by Crippen LogP contribution is -2.39. The summed E-state index contributed by atoms with van der Waals surface area (Å²) in [7, 11) is -3.71. The minimum Gasteiger partial charge on any atom is -0.207 e. The summed E-state index contributed by atoms with van der Waals surface area (Å²) >= 11 is 0. The van der Waals surface area contributed by atoms with Crippen molar-refractivity contribution < 1.29 is 17.2 Å². The van der Waals surface area contributed by atoms with Crippen LogP contribution < -0.4 is 0 Å². The monoisotopic (exact) mass is 275 g/mol. The Balaban J connectivity index is 2.32. The Morgan fingerprint density at radius 1 is 1.28 bits per heavy atom. The van der Waals surface area contributed by atoms with E-state index in [4.69, 9.17) is 0 Å². The summed E-state index contributed by atoms with van der Waals surface area (Å²) in [5.41, 5.74) is 0. The fourth-order valence-electron chi connectivity index (χ4n) is 2.15. The van der Waals surface area contributed by atoms with Crippen molar-refractivity contribution in [3.63, 3.8) is 0 Å². The van der Waals surface area contributed by atoms with Crippen LogP contribution in [-0.2, 0) is 10.0 Å². The molecule has 1 atom stereocenters. The van der Waals surface area contributed by atoms with E-state index < -0.39 is 21.7 Å². The van der Waals surface area contributed by atoms with E-state index in [2.05, 4.69) is 0 Å². The van der Waals surface area contributed by atoms with Crippen LogP contribution in [0.2, 0.25) is 0 Å². The highest BCUT2D eigenvalue weighted by Gasteiger charge is 2.29. The molecule has 0 spiro atoms. The first-order valence-electron chi connectivity index (χ1n) is 5.86. The Labute approximate surface area is 105 Å². The van der Waals surface area contributed by atoms with E-state index in [-0.39, 0.29) is 4.90 Å². The van der Waals surface area contributed by atoms with E-state index in [0.29, 0.717) is 19.0 Å². The van der Waals surface area contributed by atoms with E-state index in [1.807, 2.05) is 6.92 Å². The third-order valence-electron chi connectivity index (χ3n) is 3.15. The lowest BCUT2D eigenvalue weighted by Gasteiger charge is -2.30. The molecule has 18 heavy (non-hydrogen) atoms. The summed E-state index contributed by atoms with van der Waals surface area (Å²) in [6, 6.07) is 2.69. The molecule has 0 N–H and O–H groups in total. The average Bonchev–Trinajstić information content (AvgIpc) is 2.32. The molecule has 1 heterocycles. The maximum Gasteiger partial charge on any atom is 0.243 e. The topological polar surface area (TPSA) is 37.4 Å². The van der Waals surface area contributed by atoms with Crippen LogP contribution in [0.25, 0.3) is 0 Å². The van der Waals surface area contributed by atoms with Gasteiger partial charge < -0.3 is 0 Å². The van der Waals surface area contributed by atoms with E-state index >= 15 is 0 Å². The second-order valence-corrected chi connectivity index (χ2v) is 6.62. The smallest absolute Gasteiger partial charge is 0.207 e. The largest absolute Gasteiger partial charge is 0.243 e. The van der Waals surface area contributed by atoms with Gasteiger partial charge in [0.1, 0.15) is 0 Å². The highest BCUT2D eigenvalue weighted by atomic mass is 32.2. The Morgan fingerprint density at radius 2 is 2.00 bits per heavy atom. The van der Waals surface area contributed by atoms with Crippen molar-refractivity contribution in [2.24, 2.45) is 5.92 Å². The number of nitrogens with zero attached hydrogens (tertiary/aromatic N) is 1. The molecule has 100 valence electrons. The van der Waals surface area contributed by atoms with Crippen LogP contribution in [0.4, 0.5) is 8.78 Å². The van der Waals surface area contributed by atoms with Gasteiger partial charge in [0.15, 0.2) is 11.6 Å². The average molecular weight is 275 g/mol. The molecule has 1 saturated heterocycles. The molecule has 0 amide bonds. The highest BCUT2D eigenvalue weighted by Crippen LogP contribution is 2.24. The van der Waals surface area contributed by atoms with Gasteiger partial charge in [0.05, 0.1) is 4.90 Å². The van der Waals surface area contributed by atoms with Gasteiger partial charge in [-0.1, -0.05) is 6.92 Å². The first-order chi connectivity index (χ1) is 8.41. The zero-order chi connectivity index (χ0) is 13.3. The van der Waals surface area contributed by atoms with Gasteiger partial charge in [-0.2, -0.15) is 4.31 Å². The fraction of sp³-hybridized carbons (Fsp3) is 0.500. The summed E-state index contributed by atoms with van der Waals surface area (Å²) in [5, 5.41) is 0. The molecule has 1 aromatic carbocycles. The molecule has 6 heteroatoms. The van der Waals surface area contributed by atoms with Crippen LogP contribution in [0.15, 0.2) is 23.1 Å². The van der Waals surface area contributed by atoms with Crippen molar-refractivity contribution in [3.05, 3.63) is 29.8 Å². The van der Waals surface area contributed by atoms with Crippen LogP contribution in [0.3, 0.4) is 0 Å². The van der Waals surface area contributed by atoms with Gasteiger partial charge in [-0.3, -0.25) is 0 Å². The predicted octanol–water partition coefficient (Wildman–Crippen LogP) is 2.39. The van der Waals surface area contributed by atoms with Crippen molar-refractivity contribution in [1.82, 2.24) is 4.31 Å². The molecule has 0 aromatic heterocycles.